The number of rotatable bonds is 2. The second-order valence-electron chi connectivity index (χ2n) is 2.51. The van der Waals surface area contributed by atoms with Gasteiger partial charge in [0.15, 0.2) is 0 Å². The van der Waals surface area contributed by atoms with Crippen LogP contribution in [-0.4, -0.2) is 17.6 Å². The van der Waals surface area contributed by atoms with Gasteiger partial charge in [-0.2, -0.15) is 0 Å². The SMILES string of the molecule is CN(C(=O)NCI)c1ccccc1. The Hall–Kier alpha value is -0.780. The number of urea groups is 1. The van der Waals surface area contributed by atoms with Gasteiger partial charge in [0.05, 0.1) is 4.55 Å². The van der Waals surface area contributed by atoms with Gasteiger partial charge in [0.25, 0.3) is 0 Å². The Kier molecular flexibility index (Phi) is 4.01. The Bertz CT molecular complexity index is 276. The summed E-state index contributed by atoms with van der Waals surface area (Å²) in [6, 6.07) is 9.44. The predicted molar refractivity (Wildman–Crippen MR) is 62.3 cm³/mol. The third kappa shape index (κ3) is 2.87. The van der Waals surface area contributed by atoms with Gasteiger partial charge in [0.1, 0.15) is 0 Å². The van der Waals surface area contributed by atoms with E-state index in [0.717, 1.165) is 5.69 Å². The molecule has 0 saturated carbocycles. The maximum atomic E-state index is 11.4. The van der Waals surface area contributed by atoms with Gasteiger partial charge in [0, 0.05) is 12.7 Å². The zero-order chi connectivity index (χ0) is 9.68. The number of benzene rings is 1. The minimum absolute atomic E-state index is 0.0828. The molecule has 0 aromatic heterocycles. The van der Waals surface area contributed by atoms with Crippen LogP contribution in [0.5, 0.6) is 0 Å². The van der Waals surface area contributed by atoms with E-state index in [1.54, 1.807) is 11.9 Å². The van der Waals surface area contributed by atoms with Crippen molar-refractivity contribution < 1.29 is 4.79 Å². The van der Waals surface area contributed by atoms with Gasteiger partial charge >= 0.3 is 6.03 Å². The predicted octanol–water partition coefficient (Wildman–Crippen LogP) is 2.22. The lowest BCUT2D eigenvalue weighted by Crippen LogP contribution is -2.36. The number of nitrogens with zero attached hydrogens (tertiary/aromatic N) is 1. The summed E-state index contributed by atoms with van der Waals surface area (Å²) < 4.78 is 0.619. The van der Waals surface area contributed by atoms with E-state index < -0.39 is 0 Å². The Morgan fingerprint density at radius 1 is 1.46 bits per heavy atom. The van der Waals surface area contributed by atoms with E-state index in [-0.39, 0.29) is 6.03 Å². The Balaban J connectivity index is 2.68. The summed E-state index contributed by atoms with van der Waals surface area (Å²) in [5, 5.41) is 2.72. The molecular weight excluding hydrogens is 279 g/mol. The van der Waals surface area contributed by atoms with E-state index in [2.05, 4.69) is 27.9 Å². The molecule has 13 heavy (non-hydrogen) atoms. The van der Waals surface area contributed by atoms with Crippen molar-refractivity contribution in [1.82, 2.24) is 5.32 Å². The van der Waals surface area contributed by atoms with E-state index in [1.165, 1.54) is 0 Å². The van der Waals surface area contributed by atoms with Gasteiger partial charge in [0.2, 0.25) is 0 Å². The zero-order valence-corrected chi connectivity index (χ0v) is 9.48. The molecule has 0 aliphatic carbocycles. The molecule has 70 valence electrons. The molecule has 0 heterocycles. The average Bonchev–Trinajstić information content (AvgIpc) is 2.18. The molecule has 1 N–H and O–H groups in total. The molecule has 0 fully saturated rings. The highest BCUT2D eigenvalue weighted by Gasteiger charge is 2.07. The van der Waals surface area contributed by atoms with Gasteiger partial charge < -0.3 is 5.32 Å². The van der Waals surface area contributed by atoms with Crippen LogP contribution in [0.1, 0.15) is 0 Å². The number of hydrogen-bond donors (Lipinski definition) is 1. The molecule has 0 saturated heterocycles. The van der Waals surface area contributed by atoms with Crippen LogP contribution in [-0.2, 0) is 0 Å². The molecule has 1 aromatic carbocycles. The summed E-state index contributed by atoms with van der Waals surface area (Å²) in [5.74, 6) is 0. The van der Waals surface area contributed by atoms with Gasteiger partial charge in [-0.3, -0.25) is 4.90 Å². The number of hydrogen-bond acceptors (Lipinski definition) is 1. The largest absolute Gasteiger partial charge is 0.329 e. The van der Waals surface area contributed by atoms with Crippen LogP contribution < -0.4 is 10.2 Å². The summed E-state index contributed by atoms with van der Waals surface area (Å²) in [5.41, 5.74) is 0.893. The maximum Gasteiger partial charge on any atom is 0.322 e. The molecule has 3 nitrogen and oxygen atoms in total. The number of carbonyl (C=O) groups excluding carboxylic acids is 1. The minimum Gasteiger partial charge on any atom is -0.329 e. The second kappa shape index (κ2) is 5.06. The van der Waals surface area contributed by atoms with E-state index in [1.807, 2.05) is 30.3 Å². The summed E-state index contributed by atoms with van der Waals surface area (Å²) in [6.45, 7) is 0. The Morgan fingerprint density at radius 3 is 2.62 bits per heavy atom. The second-order valence-corrected chi connectivity index (χ2v) is 3.27. The van der Waals surface area contributed by atoms with Crippen molar-refractivity contribution in [3.05, 3.63) is 30.3 Å². The maximum absolute atomic E-state index is 11.4. The molecule has 0 atom stereocenters. The number of alkyl halides is 1. The Morgan fingerprint density at radius 2 is 2.08 bits per heavy atom. The number of anilines is 1. The highest BCUT2D eigenvalue weighted by atomic mass is 127. The molecule has 0 unspecified atom stereocenters. The lowest BCUT2D eigenvalue weighted by atomic mass is 10.3. The summed E-state index contributed by atoms with van der Waals surface area (Å²) in [6.07, 6.45) is 0. The van der Waals surface area contributed by atoms with E-state index >= 15 is 0 Å². The third-order valence-corrected chi connectivity index (χ3v) is 2.05. The molecule has 2 amide bonds. The van der Waals surface area contributed by atoms with Crippen LogP contribution >= 0.6 is 22.6 Å². The van der Waals surface area contributed by atoms with Crippen LogP contribution in [0.15, 0.2) is 30.3 Å². The topological polar surface area (TPSA) is 32.3 Å². The van der Waals surface area contributed by atoms with Crippen LogP contribution in [0.3, 0.4) is 0 Å². The lowest BCUT2D eigenvalue weighted by Gasteiger charge is -2.16. The number of amides is 2. The van der Waals surface area contributed by atoms with Crippen molar-refractivity contribution in [1.29, 1.82) is 0 Å². The molecule has 0 spiro atoms. The van der Waals surface area contributed by atoms with Crippen molar-refractivity contribution in [3.63, 3.8) is 0 Å². The van der Waals surface area contributed by atoms with Crippen LogP contribution in [0.2, 0.25) is 0 Å². The third-order valence-electron chi connectivity index (χ3n) is 1.67. The highest BCUT2D eigenvalue weighted by Crippen LogP contribution is 2.10. The van der Waals surface area contributed by atoms with Gasteiger partial charge in [-0.15, -0.1) is 0 Å². The van der Waals surface area contributed by atoms with Crippen LogP contribution in [0.4, 0.5) is 10.5 Å². The van der Waals surface area contributed by atoms with Crippen LogP contribution in [0.25, 0.3) is 0 Å². The lowest BCUT2D eigenvalue weighted by molar-refractivity contribution is 0.249. The zero-order valence-electron chi connectivity index (χ0n) is 7.33. The number of halogens is 1. The molecule has 1 rings (SSSR count). The van der Waals surface area contributed by atoms with Crippen molar-refractivity contribution in [2.75, 3.05) is 16.5 Å². The first-order chi connectivity index (χ1) is 6.25. The highest BCUT2D eigenvalue weighted by molar-refractivity contribution is 14.1. The van der Waals surface area contributed by atoms with Gasteiger partial charge in [-0.05, 0) is 12.1 Å². The number of nitrogens with one attached hydrogen (secondary N) is 1. The standard InChI is InChI=1S/C9H11IN2O/c1-12(9(13)11-7-10)8-5-3-2-4-6-8/h2-6H,7H2,1H3,(H,11,13). The molecule has 4 heteroatoms. The molecule has 1 aromatic rings. The van der Waals surface area contributed by atoms with E-state index in [9.17, 15) is 4.79 Å². The summed E-state index contributed by atoms with van der Waals surface area (Å²) in [7, 11) is 1.75. The average molecular weight is 290 g/mol. The fraction of sp³-hybridized carbons (Fsp3) is 0.222. The van der Waals surface area contributed by atoms with Gasteiger partial charge in [-0.1, -0.05) is 40.8 Å². The Labute approximate surface area is 91.3 Å². The monoisotopic (exact) mass is 290 g/mol. The smallest absolute Gasteiger partial charge is 0.322 e. The van der Waals surface area contributed by atoms with Crippen molar-refractivity contribution >= 4 is 34.3 Å². The van der Waals surface area contributed by atoms with Crippen molar-refractivity contribution in [2.45, 2.75) is 0 Å². The van der Waals surface area contributed by atoms with Crippen molar-refractivity contribution in [3.8, 4) is 0 Å². The fourth-order valence-corrected chi connectivity index (χ4v) is 1.27. The normalized spacial score (nSPS) is 9.38. The fourth-order valence-electron chi connectivity index (χ4n) is 0.945. The first-order valence-corrected chi connectivity index (χ1v) is 5.41. The number of para-hydroxylation sites is 1. The minimum atomic E-state index is -0.0828. The molecule has 0 aliphatic heterocycles. The molecule has 0 aliphatic rings. The first kappa shape index (κ1) is 10.3. The number of carbonyl (C=O) groups is 1. The van der Waals surface area contributed by atoms with Crippen LogP contribution in [0, 0.1) is 0 Å². The summed E-state index contributed by atoms with van der Waals surface area (Å²) in [4.78, 5) is 12.9. The van der Waals surface area contributed by atoms with Crippen molar-refractivity contribution in [2.24, 2.45) is 0 Å². The quantitative estimate of drug-likeness (QED) is 0.505. The van der Waals surface area contributed by atoms with E-state index in [4.69, 9.17) is 0 Å². The first-order valence-electron chi connectivity index (χ1n) is 3.88. The molecular formula is C9H11IN2O. The summed E-state index contributed by atoms with van der Waals surface area (Å²) >= 11 is 2.10. The van der Waals surface area contributed by atoms with E-state index in [0.29, 0.717) is 4.55 Å². The molecule has 0 bridgehead atoms. The molecule has 0 radical (unpaired) electrons. The van der Waals surface area contributed by atoms with Gasteiger partial charge in [-0.25, -0.2) is 4.79 Å².